The molecule has 5 nitrogen and oxygen atoms in total. The molecule has 0 heterocycles. The van der Waals surface area contributed by atoms with E-state index >= 15 is 0 Å². The third-order valence-electron chi connectivity index (χ3n) is 3.50. The molecule has 3 amide bonds. The van der Waals surface area contributed by atoms with Crippen LogP contribution < -0.4 is 16.0 Å². The monoisotopic (exact) mass is 387 g/mol. The minimum absolute atomic E-state index is 0.190. The first-order chi connectivity index (χ1) is 13.1. The van der Waals surface area contributed by atoms with Gasteiger partial charge in [-0.05, 0) is 60.7 Å². The van der Waals surface area contributed by atoms with Gasteiger partial charge in [0.25, 0.3) is 5.91 Å². The van der Waals surface area contributed by atoms with E-state index in [1.54, 1.807) is 54.2 Å². The normalized spacial score (nSPS) is 10.1. The minimum atomic E-state index is -0.300. The number of amides is 3. The van der Waals surface area contributed by atoms with E-state index in [0.717, 1.165) is 17.1 Å². The van der Waals surface area contributed by atoms with Gasteiger partial charge in [-0.2, -0.15) is 0 Å². The SMILES string of the molecule is C=CCNC(=O)c1ccc(NC(=O)NCCCSc2ccc(F)cc2)cc1. The van der Waals surface area contributed by atoms with E-state index in [1.165, 1.54) is 12.1 Å². The maximum atomic E-state index is 12.8. The van der Waals surface area contributed by atoms with E-state index in [1.807, 2.05) is 0 Å². The summed E-state index contributed by atoms with van der Waals surface area (Å²) < 4.78 is 12.8. The Morgan fingerprint density at radius 1 is 1.04 bits per heavy atom. The first-order valence-electron chi connectivity index (χ1n) is 8.51. The molecule has 0 bridgehead atoms. The highest BCUT2D eigenvalue weighted by atomic mass is 32.2. The van der Waals surface area contributed by atoms with Crippen molar-refractivity contribution in [3.05, 3.63) is 72.6 Å². The Labute approximate surface area is 162 Å². The highest BCUT2D eigenvalue weighted by Crippen LogP contribution is 2.18. The number of hydrogen-bond acceptors (Lipinski definition) is 3. The number of benzene rings is 2. The summed E-state index contributed by atoms with van der Waals surface area (Å²) in [6.45, 7) is 4.48. The lowest BCUT2D eigenvalue weighted by molar-refractivity contribution is 0.0958. The van der Waals surface area contributed by atoms with Crippen molar-refractivity contribution in [3.63, 3.8) is 0 Å². The lowest BCUT2D eigenvalue weighted by atomic mass is 10.2. The Balaban J connectivity index is 1.65. The Morgan fingerprint density at radius 3 is 2.41 bits per heavy atom. The van der Waals surface area contributed by atoms with Crippen LogP contribution in [0.1, 0.15) is 16.8 Å². The maximum Gasteiger partial charge on any atom is 0.319 e. The molecule has 0 aliphatic heterocycles. The molecule has 7 heteroatoms. The fourth-order valence-corrected chi connectivity index (χ4v) is 2.99. The molecule has 2 aromatic carbocycles. The standard InChI is InChI=1S/C20H22FN3O2S/c1-2-12-22-19(25)15-4-8-17(9-5-15)24-20(26)23-13-3-14-27-18-10-6-16(21)7-11-18/h2,4-11H,1,3,12-14H2,(H,22,25)(H2,23,24,26). The van der Waals surface area contributed by atoms with Gasteiger partial charge in [0.1, 0.15) is 5.82 Å². The second-order valence-electron chi connectivity index (χ2n) is 5.61. The zero-order valence-corrected chi connectivity index (χ0v) is 15.7. The average molecular weight is 387 g/mol. The van der Waals surface area contributed by atoms with Crippen LogP contribution in [-0.2, 0) is 0 Å². The molecule has 0 saturated carbocycles. The molecule has 2 rings (SSSR count). The van der Waals surface area contributed by atoms with Crippen LogP contribution in [0.4, 0.5) is 14.9 Å². The van der Waals surface area contributed by atoms with Gasteiger partial charge in [0.2, 0.25) is 0 Å². The fraction of sp³-hybridized carbons (Fsp3) is 0.200. The Morgan fingerprint density at radius 2 is 1.74 bits per heavy atom. The van der Waals surface area contributed by atoms with Crippen molar-refractivity contribution >= 4 is 29.4 Å². The second kappa shape index (κ2) is 11.0. The van der Waals surface area contributed by atoms with E-state index in [0.29, 0.717) is 24.3 Å². The number of carbonyl (C=O) groups is 2. The number of urea groups is 1. The predicted molar refractivity (Wildman–Crippen MR) is 108 cm³/mol. The van der Waals surface area contributed by atoms with Crippen molar-refractivity contribution in [1.82, 2.24) is 10.6 Å². The van der Waals surface area contributed by atoms with Crippen LogP contribution in [0.15, 0.2) is 66.1 Å². The van der Waals surface area contributed by atoms with Gasteiger partial charge in [0, 0.05) is 29.2 Å². The Kier molecular flexibility index (Phi) is 8.38. The summed E-state index contributed by atoms with van der Waals surface area (Å²) in [5, 5.41) is 8.18. The summed E-state index contributed by atoms with van der Waals surface area (Å²) in [6.07, 6.45) is 2.40. The number of halogens is 1. The number of carbonyl (C=O) groups excluding carboxylic acids is 2. The minimum Gasteiger partial charge on any atom is -0.349 e. The van der Waals surface area contributed by atoms with Crippen molar-refractivity contribution in [1.29, 1.82) is 0 Å². The molecule has 0 aliphatic carbocycles. The number of rotatable bonds is 9. The highest BCUT2D eigenvalue weighted by Gasteiger charge is 2.05. The van der Waals surface area contributed by atoms with Gasteiger partial charge < -0.3 is 16.0 Å². The molecule has 0 saturated heterocycles. The van der Waals surface area contributed by atoms with Gasteiger partial charge in [-0.3, -0.25) is 4.79 Å². The first-order valence-corrected chi connectivity index (χ1v) is 9.49. The van der Waals surface area contributed by atoms with Gasteiger partial charge in [-0.15, -0.1) is 18.3 Å². The number of anilines is 1. The third-order valence-corrected chi connectivity index (χ3v) is 4.60. The van der Waals surface area contributed by atoms with Crippen molar-refractivity contribution in [2.45, 2.75) is 11.3 Å². The predicted octanol–water partition coefficient (Wildman–Crippen LogP) is 4.05. The molecule has 0 fully saturated rings. The van der Waals surface area contributed by atoms with E-state index in [4.69, 9.17) is 0 Å². The molecule has 0 aromatic heterocycles. The molecule has 0 atom stereocenters. The highest BCUT2D eigenvalue weighted by molar-refractivity contribution is 7.99. The smallest absolute Gasteiger partial charge is 0.319 e. The van der Waals surface area contributed by atoms with Crippen LogP contribution in [0.2, 0.25) is 0 Å². The Hall–Kier alpha value is -2.80. The van der Waals surface area contributed by atoms with Gasteiger partial charge in [0.05, 0.1) is 0 Å². The molecule has 142 valence electrons. The molecule has 0 radical (unpaired) electrons. The van der Waals surface area contributed by atoms with Crippen molar-refractivity contribution < 1.29 is 14.0 Å². The lowest BCUT2D eigenvalue weighted by Crippen LogP contribution is -2.29. The van der Waals surface area contributed by atoms with E-state index in [9.17, 15) is 14.0 Å². The third kappa shape index (κ3) is 7.53. The molecule has 2 aromatic rings. The largest absolute Gasteiger partial charge is 0.349 e. The maximum absolute atomic E-state index is 12.8. The second-order valence-corrected chi connectivity index (χ2v) is 6.78. The van der Waals surface area contributed by atoms with E-state index < -0.39 is 0 Å². The van der Waals surface area contributed by atoms with E-state index in [2.05, 4.69) is 22.5 Å². The van der Waals surface area contributed by atoms with Crippen molar-refractivity contribution in [2.75, 3.05) is 24.2 Å². The molecule has 3 N–H and O–H groups in total. The lowest BCUT2D eigenvalue weighted by Gasteiger charge is -2.08. The molecule has 0 aliphatic rings. The van der Waals surface area contributed by atoms with E-state index in [-0.39, 0.29) is 17.8 Å². The molecule has 0 spiro atoms. The first kappa shape index (κ1) is 20.5. The molecule has 27 heavy (non-hydrogen) atoms. The summed E-state index contributed by atoms with van der Waals surface area (Å²) in [5.74, 6) is 0.383. The number of thioether (sulfide) groups is 1. The van der Waals surface area contributed by atoms with Crippen molar-refractivity contribution in [3.8, 4) is 0 Å². The van der Waals surface area contributed by atoms with Crippen LogP contribution >= 0.6 is 11.8 Å². The van der Waals surface area contributed by atoms with Gasteiger partial charge in [-0.1, -0.05) is 6.08 Å². The van der Waals surface area contributed by atoms with Crippen LogP contribution in [-0.4, -0.2) is 30.8 Å². The molecule has 0 unspecified atom stereocenters. The van der Waals surface area contributed by atoms with Gasteiger partial charge in [-0.25, -0.2) is 9.18 Å². The topological polar surface area (TPSA) is 70.2 Å². The molecular formula is C20H22FN3O2S. The summed E-state index contributed by atoms with van der Waals surface area (Å²) in [4.78, 5) is 24.7. The average Bonchev–Trinajstić information content (AvgIpc) is 2.68. The number of hydrogen-bond donors (Lipinski definition) is 3. The van der Waals surface area contributed by atoms with Crippen LogP contribution in [0.25, 0.3) is 0 Å². The Bertz CT molecular complexity index is 764. The fourth-order valence-electron chi connectivity index (χ4n) is 2.14. The zero-order valence-electron chi connectivity index (χ0n) is 14.8. The van der Waals surface area contributed by atoms with Crippen LogP contribution in [0, 0.1) is 5.82 Å². The number of nitrogens with one attached hydrogen (secondary N) is 3. The van der Waals surface area contributed by atoms with Gasteiger partial charge >= 0.3 is 6.03 Å². The summed E-state index contributed by atoms with van der Waals surface area (Å²) in [7, 11) is 0. The quantitative estimate of drug-likeness (QED) is 0.345. The van der Waals surface area contributed by atoms with Crippen molar-refractivity contribution in [2.24, 2.45) is 0 Å². The summed E-state index contributed by atoms with van der Waals surface area (Å²) in [6, 6.07) is 12.7. The summed E-state index contributed by atoms with van der Waals surface area (Å²) in [5.41, 5.74) is 1.12. The summed E-state index contributed by atoms with van der Waals surface area (Å²) >= 11 is 1.61. The van der Waals surface area contributed by atoms with Crippen LogP contribution in [0.5, 0.6) is 0 Å². The zero-order chi connectivity index (χ0) is 19.5. The van der Waals surface area contributed by atoms with Crippen LogP contribution in [0.3, 0.4) is 0 Å². The molecular weight excluding hydrogens is 365 g/mol. The van der Waals surface area contributed by atoms with Gasteiger partial charge in [0.15, 0.2) is 0 Å².